The molecule has 0 spiro atoms. The maximum Gasteiger partial charge on any atom is 0.257 e. The van der Waals surface area contributed by atoms with Gasteiger partial charge in [-0.1, -0.05) is 23.7 Å². The molecular formula is C13H11ClFN3O. The van der Waals surface area contributed by atoms with Gasteiger partial charge in [-0.05, 0) is 24.6 Å². The highest BCUT2D eigenvalue weighted by atomic mass is 35.5. The Morgan fingerprint density at radius 2 is 2.21 bits per heavy atom. The van der Waals surface area contributed by atoms with E-state index in [-0.39, 0.29) is 22.1 Å². The Morgan fingerprint density at radius 1 is 1.47 bits per heavy atom. The maximum atomic E-state index is 13.6. The summed E-state index contributed by atoms with van der Waals surface area (Å²) >= 11 is 5.86. The number of halogens is 2. The quantitative estimate of drug-likeness (QED) is 0.888. The molecule has 0 aliphatic heterocycles. The second-order valence-electron chi connectivity index (χ2n) is 3.97. The van der Waals surface area contributed by atoms with E-state index >= 15 is 0 Å². The summed E-state index contributed by atoms with van der Waals surface area (Å²) in [6, 6.07) is 5.87. The second-order valence-corrected chi connectivity index (χ2v) is 4.38. The van der Waals surface area contributed by atoms with Crippen molar-refractivity contribution in [3.05, 3.63) is 52.4 Å². The molecule has 0 fully saturated rings. The van der Waals surface area contributed by atoms with Crippen molar-refractivity contribution >= 4 is 29.0 Å². The van der Waals surface area contributed by atoms with Crippen LogP contribution in [0.4, 0.5) is 15.9 Å². The SMILES string of the molecule is Cc1cccc(F)c1NC(=O)c1cc(N)ncc1Cl. The number of amides is 1. The van der Waals surface area contributed by atoms with E-state index in [2.05, 4.69) is 10.3 Å². The van der Waals surface area contributed by atoms with E-state index in [1.807, 2.05) is 0 Å². The molecule has 0 saturated heterocycles. The van der Waals surface area contributed by atoms with E-state index in [0.717, 1.165) is 0 Å². The van der Waals surface area contributed by atoms with E-state index in [1.54, 1.807) is 19.1 Å². The van der Waals surface area contributed by atoms with Crippen LogP contribution in [0.25, 0.3) is 0 Å². The number of nitrogens with two attached hydrogens (primary N) is 1. The van der Waals surface area contributed by atoms with Gasteiger partial charge in [0.25, 0.3) is 5.91 Å². The fourth-order valence-electron chi connectivity index (χ4n) is 1.60. The molecule has 19 heavy (non-hydrogen) atoms. The van der Waals surface area contributed by atoms with Crippen LogP contribution in [-0.2, 0) is 0 Å². The number of hydrogen-bond donors (Lipinski definition) is 2. The van der Waals surface area contributed by atoms with Crippen LogP contribution in [0.2, 0.25) is 5.02 Å². The monoisotopic (exact) mass is 279 g/mol. The van der Waals surface area contributed by atoms with Crippen molar-refractivity contribution in [1.82, 2.24) is 4.98 Å². The third kappa shape index (κ3) is 2.82. The molecule has 1 aromatic heterocycles. The largest absolute Gasteiger partial charge is 0.384 e. The number of aryl methyl sites for hydroxylation is 1. The summed E-state index contributed by atoms with van der Waals surface area (Å²) < 4.78 is 13.6. The van der Waals surface area contributed by atoms with Gasteiger partial charge in [-0.2, -0.15) is 0 Å². The highest BCUT2D eigenvalue weighted by molar-refractivity contribution is 6.34. The first-order valence-corrected chi connectivity index (χ1v) is 5.84. The molecule has 1 amide bonds. The number of aromatic nitrogens is 1. The molecule has 6 heteroatoms. The third-order valence-electron chi connectivity index (χ3n) is 2.58. The number of carbonyl (C=O) groups is 1. The molecule has 0 aliphatic carbocycles. The van der Waals surface area contributed by atoms with Crippen LogP contribution in [0, 0.1) is 12.7 Å². The molecule has 1 aromatic carbocycles. The standard InChI is InChI=1S/C13H11ClFN3O/c1-7-3-2-4-10(15)12(7)18-13(19)8-5-11(16)17-6-9(8)14/h2-6H,1H3,(H2,16,17)(H,18,19). The summed E-state index contributed by atoms with van der Waals surface area (Å²) in [7, 11) is 0. The lowest BCUT2D eigenvalue weighted by molar-refractivity contribution is 0.102. The van der Waals surface area contributed by atoms with Gasteiger partial charge in [0.1, 0.15) is 11.6 Å². The molecule has 0 saturated carbocycles. The lowest BCUT2D eigenvalue weighted by atomic mass is 10.1. The summed E-state index contributed by atoms with van der Waals surface area (Å²) in [6.07, 6.45) is 1.28. The van der Waals surface area contributed by atoms with Gasteiger partial charge in [-0.15, -0.1) is 0 Å². The van der Waals surface area contributed by atoms with Crippen molar-refractivity contribution < 1.29 is 9.18 Å². The van der Waals surface area contributed by atoms with E-state index in [9.17, 15) is 9.18 Å². The second kappa shape index (κ2) is 5.24. The molecule has 98 valence electrons. The van der Waals surface area contributed by atoms with E-state index in [4.69, 9.17) is 17.3 Å². The van der Waals surface area contributed by atoms with Gasteiger partial charge in [0.05, 0.1) is 16.3 Å². The number of nitrogen functional groups attached to an aromatic ring is 1. The van der Waals surface area contributed by atoms with Gasteiger partial charge < -0.3 is 11.1 Å². The number of carbonyl (C=O) groups excluding carboxylic acids is 1. The van der Waals surface area contributed by atoms with Crippen LogP contribution >= 0.6 is 11.6 Å². The average molecular weight is 280 g/mol. The van der Waals surface area contributed by atoms with Crippen LogP contribution in [-0.4, -0.2) is 10.9 Å². The van der Waals surface area contributed by atoms with Crippen molar-refractivity contribution in [2.75, 3.05) is 11.1 Å². The molecular weight excluding hydrogens is 269 g/mol. The Kier molecular flexibility index (Phi) is 3.66. The van der Waals surface area contributed by atoms with Gasteiger partial charge >= 0.3 is 0 Å². The number of pyridine rings is 1. The third-order valence-corrected chi connectivity index (χ3v) is 2.88. The van der Waals surface area contributed by atoms with Crippen molar-refractivity contribution in [2.45, 2.75) is 6.92 Å². The smallest absolute Gasteiger partial charge is 0.257 e. The van der Waals surface area contributed by atoms with Gasteiger partial charge in [-0.3, -0.25) is 4.79 Å². The number of benzene rings is 1. The molecule has 2 rings (SSSR count). The molecule has 0 bridgehead atoms. The van der Waals surface area contributed by atoms with Crippen LogP contribution in [0.5, 0.6) is 0 Å². The molecule has 4 nitrogen and oxygen atoms in total. The van der Waals surface area contributed by atoms with Crippen molar-refractivity contribution in [3.63, 3.8) is 0 Å². The Labute approximate surface area is 114 Å². The number of nitrogens with one attached hydrogen (secondary N) is 1. The minimum Gasteiger partial charge on any atom is -0.384 e. The zero-order valence-electron chi connectivity index (χ0n) is 10.1. The van der Waals surface area contributed by atoms with E-state index < -0.39 is 11.7 Å². The normalized spacial score (nSPS) is 10.3. The Hall–Kier alpha value is -2.14. The highest BCUT2D eigenvalue weighted by Gasteiger charge is 2.14. The lowest BCUT2D eigenvalue weighted by Crippen LogP contribution is -2.15. The molecule has 0 unspecified atom stereocenters. The summed E-state index contributed by atoms with van der Waals surface area (Å²) in [5, 5.41) is 2.63. The first kappa shape index (κ1) is 13.3. The predicted octanol–water partition coefficient (Wildman–Crippen LogP) is 3.02. The predicted molar refractivity (Wildman–Crippen MR) is 72.7 cm³/mol. The number of rotatable bonds is 2. The number of hydrogen-bond acceptors (Lipinski definition) is 3. The highest BCUT2D eigenvalue weighted by Crippen LogP contribution is 2.22. The number of nitrogens with zero attached hydrogens (tertiary/aromatic N) is 1. The van der Waals surface area contributed by atoms with Gasteiger partial charge in [0.2, 0.25) is 0 Å². The lowest BCUT2D eigenvalue weighted by Gasteiger charge is -2.10. The van der Waals surface area contributed by atoms with Crippen molar-refractivity contribution in [1.29, 1.82) is 0 Å². The van der Waals surface area contributed by atoms with Gasteiger partial charge in [0, 0.05) is 6.20 Å². The first-order chi connectivity index (χ1) is 8.99. The van der Waals surface area contributed by atoms with Crippen LogP contribution in [0.3, 0.4) is 0 Å². The minimum absolute atomic E-state index is 0.124. The first-order valence-electron chi connectivity index (χ1n) is 5.46. The zero-order valence-corrected chi connectivity index (χ0v) is 10.8. The zero-order chi connectivity index (χ0) is 14.0. The fourth-order valence-corrected chi connectivity index (χ4v) is 1.79. The topological polar surface area (TPSA) is 68.0 Å². The van der Waals surface area contributed by atoms with Crippen molar-refractivity contribution in [2.24, 2.45) is 0 Å². The van der Waals surface area contributed by atoms with E-state index in [0.29, 0.717) is 5.56 Å². The Morgan fingerprint density at radius 3 is 2.89 bits per heavy atom. The van der Waals surface area contributed by atoms with E-state index in [1.165, 1.54) is 18.3 Å². The average Bonchev–Trinajstić information content (AvgIpc) is 2.37. The molecule has 3 N–H and O–H groups in total. The summed E-state index contributed by atoms with van der Waals surface area (Å²) in [4.78, 5) is 15.8. The minimum atomic E-state index is -0.535. The van der Waals surface area contributed by atoms with Crippen LogP contribution in [0.15, 0.2) is 30.5 Å². The van der Waals surface area contributed by atoms with Gasteiger partial charge in [0.15, 0.2) is 0 Å². The summed E-state index contributed by atoms with van der Waals surface area (Å²) in [6.45, 7) is 1.70. The molecule has 1 heterocycles. The van der Waals surface area contributed by atoms with Crippen LogP contribution in [0.1, 0.15) is 15.9 Å². The molecule has 0 atom stereocenters. The molecule has 2 aromatic rings. The Bertz CT molecular complexity index is 626. The summed E-state index contributed by atoms with van der Waals surface area (Å²) in [5.41, 5.74) is 6.39. The number of anilines is 2. The van der Waals surface area contributed by atoms with Gasteiger partial charge in [-0.25, -0.2) is 9.37 Å². The molecule has 0 radical (unpaired) electrons. The Balaban J connectivity index is 2.34. The molecule has 0 aliphatic rings. The number of para-hydroxylation sites is 1. The van der Waals surface area contributed by atoms with Crippen molar-refractivity contribution in [3.8, 4) is 0 Å². The maximum absolute atomic E-state index is 13.6. The van der Waals surface area contributed by atoms with Crippen LogP contribution < -0.4 is 11.1 Å². The summed E-state index contributed by atoms with van der Waals surface area (Å²) in [5.74, 6) is -0.876. The fraction of sp³-hybridized carbons (Fsp3) is 0.0769.